The van der Waals surface area contributed by atoms with Crippen LogP contribution in [-0.4, -0.2) is 5.92 Å². The van der Waals surface area contributed by atoms with Crippen LogP contribution in [0.15, 0.2) is 84.4 Å². The van der Waals surface area contributed by atoms with Gasteiger partial charge in [-0.15, -0.1) is 0 Å². The van der Waals surface area contributed by atoms with Gasteiger partial charge in [0, 0.05) is 0 Å². The molecule has 0 nitrogen and oxygen atoms in total. The van der Waals surface area contributed by atoms with Gasteiger partial charge in [0.05, 0.1) is 0 Å². The number of allylic oxidation sites excluding steroid dienone is 1. The van der Waals surface area contributed by atoms with E-state index >= 15 is 0 Å². The Morgan fingerprint density at radius 3 is 2.35 bits per heavy atom. The molecule has 4 aromatic rings. The third-order valence-corrected chi connectivity index (χ3v) is 16.2. The molecule has 0 spiro atoms. The van der Waals surface area contributed by atoms with Crippen LogP contribution in [0.2, 0.25) is 13.1 Å². The van der Waals surface area contributed by atoms with Crippen LogP contribution < -0.4 is 28.1 Å². The van der Waals surface area contributed by atoms with Crippen LogP contribution in [0.3, 0.4) is 0 Å². The van der Waals surface area contributed by atoms with Gasteiger partial charge in [0.2, 0.25) is 0 Å². The van der Waals surface area contributed by atoms with E-state index in [4.69, 9.17) is 0 Å². The largest absolute Gasteiger partial charge is 1.00 e. The number of fused-ring (bicyclic) bond motifs is 4. The van der Waals surface area contributed by atoms with Gasteiger partial charge in [-0.2, -0.15) is 0 Å². The molecule has 4 aromatic carbocycles. The Bertz CT molecular complexity index is 1490. The second kappa shape index (κ2) is 11.6. The number of rotatable bonds is 5. The Kier molecular flexibility index (Phi) is 8.86. The molecule has 0 fully saturated rings. The Balaban J connectivity index is 0.00000160. The fraction of sp³-hybridized carbons (Fsp3) is 0.212. The average Bonchev–Trinajstić information content (AvgIpc) is 3.42. The standard InChI is InChI=1S/C31H25.C2H7Si.2ClH.Zr/c1-3-21-18-29-25(22-11-6-9-20(2)17-22)13-7-15-27(29)31(21)28-16-8-14-26-24-12-5-4-10-23(24)19-30(26)28;1-3-2;;;/h4-15,17-18,31H,3,19H2,1-2H3;3H,1-2H3;2*1H;/q;;;;+2/p-2. The summed E-state index contributed by atoms with van der Waals surface area (Å²) in [5.41, 5.74) is 16.4. The first-order chi connectivity index (χ1) is 17.0. The van der Waals surface area contributed by atoms with Crippen LogP contribution in [0, 0.1) is 6.92 Å². The van der Waals surface area contributed by atoms with Crippen LogP contribution in [-0.2, 0) is 28.8 Å². The van der Waals surface area contributed by atoms with Crippen LogP contribution in [0.4, 0.5) is 0 Å². The van der Waals surface area contributed by atoms with Crippen molar-refractivity contribution in [2.75, 3.05) is 0 Å². The fourth-order valence-corrected chi connectivity index (χ4v) is 14.4. The molecule has 0 amide bonds. The van der Waals surface area contributed by atoms with Crippen molar-refractivity contribution in [2.45, 2.75) is 45.7 Å². The third kappa shape index (κ3) is 5.04. The zero-order valence-corrected chi connectivity index (χ0v) is 27.0. The number of hydrogen-bond donors (Lipinski definition) is 0. The van der Waals surface area contributed by atoms with E-state index in [9.17, 15) is 0 Å². The molecule has 37 heavy (non-hydrogen) atoms. The van der Waals surface area contributed by atoms with Gasteiger partial charge in [0.15, 0.2) is 0 Å². The van der Waals surface area contributed by atoms with E-state index in [1.165, 1.54) is 44.5 Å². The SMILES string of the molecule is CCC1=Cc2c(-c3cccc(C)c3)cccc2C1c1[c]([Zr+2][SiH](C)C)ccc2c1Cc1ccccc1-2.[Cl-].[Cl-]. The molecule has 0 radical (unpaired) electrons. The second-order valence-corrected chi connectivity index (χ2v) is 24.9. The maximum absolute atomic E-state index is 2.56. The summed E-state index contributed by atoms with van der Waals surface area (Å²) in [4.78, 5) is 0. The van der Waals surface area contributed by atoms with Crippen LogP contribution in [0.5, 0.6) is 0 Å². The second-order valence-electron chi connectivity index (χ2n) is 10.4. The van der Waals surface area contributed by atoms with Crippen molar-refractivity contribution >= 4 is 15.3 Å². The summed E-state index contributed by atoms with van der Waals surface area (Å²) >= 11 is -0.562. The zero-order valence-electron chi connectivity index (χ0n) is 21.9. The van der Waals surface area contributed by atoms with Crippen molar-refractivity contribution in [3.63, 3.8) is 0 Å². The minimum atomic E-state index is -0.600. The number of hydrogen-bond acceptors (Lipinski definition) is 0. The summed E-state index contributed by atoms with van der Waals surface area (Å²) in [6.07, 6.45) is 4.74. The smallest absolute Gasteiger partial charge is 1.00 e. The molecule has 0 aliphatic heterocycles. The van der Waals surface area contributed by atoms with Crippen LogP contribution >= 0.6 is 0 Å². The van der Waals surface area contributed by atoms with Crippen molar-refractivity contribution in [2.24, 2.45) is 0 Å². The number of benzene rings is 4. The molecule has 0 saturated heterocycles. The van der Waals surface area contributed by atoms with Crippen molar-refractivity contribution in [1.29, 1.82) is 0 Å². The van der Waals surface area contributed by atoms with Crippen molar-refractivity contribution in [3.05, 3.63) is 118 Å². The molecule has 0 aromatic heterocycles. The number of aryl methyl sites for hydroxylation is 1. The van der Waals surface area contributed by atoms with E-state index in [0.29, 0.717) is 5.92 Å². The molecule has 0 saturated carbocycles. The molecule has 0 heterocycles. The molecule has 186 valence electrons. The fourth-order valence-electron chi connectivity index (χ4n) is 6.18. The van der Waals surface area contributed by atoms with Gasteiger partial charge in [-0.1, -0.05) is 0 Å². The van der Waals surface area contributed by atoms with Gasteiger partial charge < -0.3 is 24.8 Å². The molecule has 1 unspecified atom stereocenters. The summed E-state index contributed by atoms with van der Waals surface area (Å²) in [6.45, 7) is 9.67. The summed E-state index contributed by atoms with van der Waals surface area (Å²) < 4.78 is 1.76. The first-order valence-electron chi connectivity index (χ1n) is 13.0. The monoisotopic (exact) mass is 616 g/mol. The normalized spacial score (nSPS) is 14.6. The van der Waals surface area contributed by atoms with Gasteiger partial charge in [0.25, 0.3) is 0 Å². The van der Waals surface area contributed by atoms with Crippen molar-refractivity contribution < 1.29 is 47.2 Å². The van der Waals surface area contributed by atoms with Gasteiger partial charge >= 0.3 is 223 Å². The molecule has 2 aliphatic carbocycles. The van der Waals surface area contributed by atoms with E-state index in [-0.39, 0.29) is 24.8 Å². The Labute approximate surface area is 246 Å². The predicted octanol–water partition coefficient (Wildman–Crippen LogP) is 1.87. The Morgan fingerprint density at radius 2 is 1.59 bits per heavy atom. The van der Waals surface area contributed by atoms with Crippen LogP contribution in [0.1, 0.15) is 52.6 Å². The Hall–Kier alpha value is -1.70. The average molecular weight is 619 g/mol. The van der Waals surface area contributed by atoms with Gasteiger partial charge in [-0.05, 0) is 0 Å². The van der Waals surface area contributed by atoms with Gasteiger partial charge in [0.1, 0.15) is 0 Å². The number of halogens is 2. The summed E-state index contributed by atoms with van der Waals surface area (Å²) in [5.74, 6) is -0.190. The van der Waals surface area contributed by atoms with Crippen molar-refractivity contribution in [3.8, 4) is 22.3 Å². The minimum Gasteiger partial charge on any atom is -1.00 e. The maximum atomic E-state index is 2.56. The zero-order chi connectivity index (χ0) is 24.1. The first-order valence-corrected chi connectivity index (χ1v) is 21.3. The van der Waals surface area contributed by atoms with Gasteiger partial charge in [-0.3, -0.25) is 0 Å². The predicted molar refractivity (Wildman–Crippen MR) is 150 cm³/mol. The molecule has 4 heteroatoms. The maximum Gasteiger partial charge on any atom is -1.00 e. The molecular formula is C33H32Cl2SiZr. The van der Waals surface area contributed by atoms with E-state index < -0.39 is 28.3 Å². The molecule has 6 rings (SSSR count). The molecule has 1 atom stereocenters. The summed E-state index contributed by atoms with van der Waals surface area (Å²) in [7, 11) is 0. The first kappa shape index (κ1) is 28.3. The van der Waals surface area contributed by atoms with Gasteiger partial charge in [-0.25, -0.2) is 0 Å². The van der Waals surface area contributed by atoms with E-state index in [1.54, 1.807) is 20.0 Å². The minimum absolute atomic E-state index is 0. The summed E-state index contributed by atoms with van der Waals surface area (Å²) in [5, 5.41) is 0. The molecular weight excluding hydrogens is 587 g/mol. The quantitative estimate of drug-likeness (QED) is 0.264. The van der Waals surface area contributed by atoms with Crippen LogP contribution in [0.25, 0.3) is 28.3 Å². The topological polar surface area (TPSA) is 0 Å². The van der Waals surface area contributed by atoms with E-state index in [2.05, 4.69) is 112 Å². The molecule has 0 bridgehead atoms. The summed E-state index contributed by atoms with van der Waals surface area (Å²) in [6, 6.07) is 30.1. The van der Waals surface area contributed by atoms with E-state index in [0.717, 1.165) is 12.8 Å². The Morgan fingerprint density at radius 1 is 0.838 bits per heavy atom. The molecule has 0 N–H and O–H groups in total. The van der Waals surface area contributed by atoms with E-state index in [1.807, 2.05) is 0 Å². The molecule has 2 aliphatic rings. The van der Waals surface area contributed by atoms with Crippen molar-refractivity contribution in [1.82, 2.24) is 0 Å². The third-order valence-electron chi connectivity index (χ3n) is 7.65.